The van der Waals surface area contributed by atoms with E-state index in [0.29, 0.717) is 6.61 Å². The molecule has 1 aliphatic rings. The predicted molar refractivity (Wildman–Crippen MR) is 99.9 cm³/mol. The lowest BCUT2D eigenvalue weighted by Gasteiger charge is -2.26. The van der Waals surface area contributed by atoms with Crippen LogP contribution in [-0.2, 0) is 10.3 Å². The maximum Gasteiger partial charge on any atom is 0.180 e. The summed E-state index contributed by atoms with van der Waals surface area (Å²) in [5.74, 6) is 6.51. The van der Waals surface area contributed by atoms with Gasteiger partial charge in [-0.05, 0) is 35.2 Å². The number of rotatable bonds is 3. The fraction of sp³-hybridized carbons (Fsp3) is 0.217. The molecule has 1 nitrogen and oxygen atoms in total. The fourth-order valence-corrected chi connectivity index (χ4v) is 3.77. The molecule has 118 valence electrons. The van der Waals surface area contributed by atoms with Crippen LogP contribution in [0.1, 0.15) is 31.4 Å². The quantitative estimate of drug-likeness (QED) is 0.579. The molecule has 0 N–H and O–H groups in total. The largest absolute Gasteiger partial charge is 0.354 e. The maximum atomic E-state index is 6.41. The third-order valence-corrected chi connectivity index (χ3v) is 4.71. The van der Waals surface area contributed by atoms with E-state index >= 15 is 0 Å². The van der Waals surface area contributed by atoms with Gasteiger partial charge in [-0.1, -0.05) is 73.5 Å². The summed E-state index contributed by atoms with van der Waals surface area (Å²) >= 11 is 0. The van der Waals surface area contributed by atoms with Crippen molar-refractivity contribution in [3.8, 4) is 23.0 Å². The smallest absolute Gasteiger partial charge is 0.180 e. The van der Waals surface area contributed by atoms with Crippen LogP contribution < -0.4 is 0 Å². The molecular formula is C23H20O. The first-order valence-corrected chi connectivity index (χ1v) is 8.52. The lowest BCUT2D eigenvalue weighted by atomic mass is 9.90. The van der Waals surface area contributed by atoms with Gasteiger partial charge in [-0.3, -0.25) is 0 Å². The lowest BCUT2D eigenvalue weighted by molar-refractivity contribution is 0.0300. The van der Waals surface area contributed by atoms with Crippen LogP contribution in [0.25, 0.3) is 21.9 Å². The summed E-state index contributed by atoms with van der Waals surface area (Å²) in [7, 11) is 0. The van der Waals surface area contributed by atoms with Gasteiger partial charge >= 0.3 is 0 Å². The lowest BCUT2D eigenvalue weighted by Crippen LogP contribution is -2.27. The van der Waals surface area contributed by atoms with Crippen molar-refractivity contribution in [2.24, 2.45) is 0 Å². The number of hydrogen-bond acceptors (Lipinski definition) is 1. The van der Waals surface area contributed by atoms with Crippen LogP contribution in [0.2, 0.25) is 0 Å². The van der Waals surface area contributed by atoms with Gasteiger partial charge in [0.25, 0.3) is 0 Å². The SMILES string of the molecule is CC#CC1(OCCC)c2ccccc2-c2c1ccc1ccccc21. The molecule has 0 amide bonds. The summed E-state index contributed by atoms with van der Waals surface area (Å²) < 4.78 is 6.41. The first-order chi connectivity index (χ1) is 11.8. The number of fused-ring (bicyclic) bond motifs is 5. The molecule has 0 heterocycles. The molecular weight excluding hydrogens is 292 g/mol. The number of hydrogen-bond donors (Lipinski definition) is 0. The van der Waals surface area contributed by atoms with Crippen LogP contribution in [-0.4, -0.2) is 6.61 Å². The molecule has 1 unspecified atom stereocenters. The standard InChI is InChI=1S/C23H20O/c1-3-15-23(24-16-4-2)20-12-8-7-11-19(20)22-18-10-6-5-9-17(18)13-14-21(22)23/h5-14H,4,16H2,1-2H3. The molecule has 0 saturated heterocycles. The minimum absolute atomic E-state index is 0.652. The van der Waals surface area contributed by atoms with E-state index < -0.39 is 5.60 Å². The second-order valence-corrected chi connectivity index (χ2v) is 6.16. The Bertz CT molecular complexity index is 974. The van der Waals surface area contributed by atoms with Crippen molar-refractivity contribution in [3.05, 3.63) is 71.8 Å². The third-order valence-electron chi connectivity index (χ3n) is 4.71. The molecule has 1 atom stereocenters. The monoisotopic (exact) mass is 312 g/mol. The van der Waals surface area contributed by atoms with E-state index in [1.807, 2.05) is 6.92 Å². The highest BCUT2D eigenvalue weighted by molar-refractivity contribution is 6.02. The highest BCUT2D eigenvalue weighted by Gasteiger charge is 2.43. The van der Waals surface area contributed by atoms with E-state index in [2.05, 4.69) is 79.4 Å². The Balaban J connectivity index is 2.11. The topological polar surface area (TPSA) is 9.23 Å². The zero-order valence-corrected chi connectivity index (χ0v) is 14.1. The Morgan fingerprint density at radius 2 is 1.71 bits per heavy atom. The highest BCUT2D eigenvalue weighted by atomic mass is 16.5. The zero-order valence-electron chi connectivity index (χ0n) is 14.1. The molecule has 0 spiro atoms. The van der Waals surface area contributed by atoms with Crippen molar-refractivity contribution >= 4 is 10.8 Å². The van der Waals surface area contributed by atoms with Crippen molar-refractivity contribution in [2.45, 2.75) is 25.9 Å². The Hall–Kier alpha value is -2.56. The molecule has 0 aliphatic heterocycles. The molecule has 3 aromatic rings. The van der Waals surface area contributed by atoms with Crippen molar-refractivity contribution in [2.75, 3.05) is 6.61 Å². The van der Waals surface area contributed by atoms with E-state index in [0.717, 1.165) is 6.42 Å². The minimum Gasteiger partial charge on any atom is -0.354 e. The third kappa shape index (κ3) is 2.00. The van der Waals surface area contributed by atoms with Crippen LogP contribution in [0, 0.1) is 11.8 Å². The van der Waals surface area contributed by atoms with Gasteiger partial charge in [-0.25, -0.2) is 0 Å². The molecule has 0 fully saturated rings. The maximum absolute atomic E-state index is 6.41. The van der Waals surface area contributed by atoms with Crippen LogP contribution in [0.3, 0.4) is 0 Å². The zero-order chi connectivity index (χ0) is 16.6. The second kappa shape index (κ2) is 5.82. The molecule has 1 aliphatic carbocycles. The Morgan fingerprint density at radius 3 is 2.54 bits per heavy atom. The van der Waals surface area contributed by atoms with Gasteiger partial charge in [0.1, 0.15) is 0 Å². The molecule has 3 aromatic carbocycles. The molecule has 0 aromatic heterocycles. The van der Waals surface area contributed by atoms with Gasteiger partial charge < -0.3 is 4.74 Å². The van der Waals surface area contributed by atoms with Gasteiger partial charge in [0.2, 0.25) is 0 Å². The van der Waals surface area contributed by atoms with Gasteiger partial charge in [0.15, 0.2) is 5.60 Å². The second-order valence-electron chi connectivity index (χ2n) is 6.16. The van der Waals surface area contributed by atoms with E-state index in [-0.39, 0.29) is 0 Å². The van der Waals surface area contributed by atoms with Gasteiger partial charge in [0.05, 0.1) is 0 Å². The van der Waals surface area contributed by atoms with E-state index in [1.54, 1.807) is 0 Å². The molecule has 1 heteroatoms. The summed E-state index contributed by atoms with van der Waals surface area (Å²) in [5, 5.41) is 2.52. The highest BCUT2D eigenvalue weighted by Crippen LogP contribution is 2.51. The van der Waals surface area contributed by atoms with Gasteiger partial charge in [0, 0.05) is 17.7 Å². The number of benzene rings is 3. The molecule has 0 saturated carbocycles. The van der Waals surface area contributed by atoms with Crippen LogP contribution in [0.5, 0.6) is 0 Å². The predicted octanol–water partition coefficient (Wildman–Crippen LogP) is 5.51. The van der Waals surface area contributed by atoms with Crippen molar-refractivity contribution in [1.29, 1.82) is 0 Å². The Labute approximate surface area is 143 Å². The molecule has 24 heavy (non-hydrogen) atoms. The average Bonchev–Trinajstić information content (AvgIpc) is 2.91. The van der Waals surface area contributed by atoms with E-state index in [1.165, 1.54) is 33.0 Å². The molecule has 0 radical (unpaired) electrons. The van der Waals surface area contributed by atoms with Crippen LogP contribution in [0.15, 0.2) is 60.7 Å². The van der Waals surface area contributed by atoms with Gasteiger partial charge in [-0.15, -0.1) is 5.92 Å². The van der Waals surface area contributed by atoms with Crippen molar-refractivity contribution < 1.29 is 4.74 Å². The minimum atomic E-state index is -0.652. The van der Waals surface area contributed by atoms with Crippen LogP contribution >= 0.6 is 0 Å². The van der Waals surface area contributed by atoms with E-state index in [4.69, 9.17) is 4.74 Å². The van der Waals surface area contributed by atoms with Gasteiger partial charge in [-0.2, -0.15) is 0 Å². The van der Waals surface area contributed by atoms with Crippen molar-refractivity contribution in [1.82, 2.24) is 0 Å². The molecule has 0 bridgehead atoms. The van der Waals surface area contributed by atoms with Crippen LogP contribution in [0.4, 0.5) is 0 Å². The summed E-state index contributed by atoms with van der Waals surface area (Å²) in [6, 6.07) is 21.4. The summed E-state index contributed by atoms with van der Waals surface area (Å²) in [6.07, 6.45) is 0.970. The normalized spacial score (nSPS) is 17.9. The Kier molecular flexibility index (Phi) is 3.63. The first-order valence-electron chi connectivity index (χ1n) is 8.52. The summed E-state index contributed by atoms with van der Waals surface area (Å²) in [4.78, 5) is 0. The number of ether oxygens (including phenoxy) is 1. The summed E-state index contributed by atoms with van der Waals surface area (Å²) in [6.45, 7) is 4.71. The van der Waals surface area contributed by atoms with E-state index in [9.17, 15) is 0 Å². The first kappa shape index (κ1) is 15.0. The average molecular weight is 312 g/mol. The molecule has 4 rings (SSSR count). The summed E-state index contributed by atoms with van der Waals surface area (Å²) in [5.41, 5.74) is 4.19. The fourth-order valence-electron chi connectivity index (χ4n) is 3.77. The van der Waals surface area contributed by atoms with Crippen molar-refractivity contribution in [3.63, 3.8) is 0 Å². The Morgan fingerprint density at radius 1 is 0.917 bits per heavy atom.